The average molecular weight is 340 g/mol. The van der Waals surface area contributed by atoms with Crippen LogP contribution in [0, 0.1) is 0 Å². The summed E-state index contributed by atoms with van der Waals surface area (Å²) in [6.45, 7) is 7.50. The van der Waals surface area contributed by atoms with E-state index in [0.29, 0.717) is 0 Å². The molecule has 1 fully saturated rings. The van der Waals surface area contributed by atoms with Gasteiger partial charge >= 0.3 is 0 Å². The Hall–Kier alpha value is -0.0800. The lowest BCUT2D eigenvalue weighted by atomic mass is 9.96. The van der Waals surface area contributed by atoms with Crippen LogP contribution in [0.2, 0.25) is 0 Å². The molecule has 0 aromatic rings. The number of rotatable bonds is 16. The molecule has 0 aromatic carbocycles. The Bertz CT molecular complexity index is 261. The van der Waals surface area contributed by atoms with Gasteiger partial charge in [0.25, 0.3) is 0 Å². The minimum Gasteiger partial charge on any atom is -0.373 e. The van der Waals surface area contributed by atoms with Gasteiger partial charge in [-0.15, -0.1) is 0 Å². The first-order valence-electron chi connectivity index (χ1n) is 11.1. The zero-order valence-corrected chi connectivity index (χ0v) is 16.8. The van der Waals surface area contributed by atoms with Gasteiger partial charge in [0.05, 0.1) is 12.2 Å². The maximum Gasteiger partial charge on any atom is 0.0778 e. The Balaban J connectivity index is 1.73. The molecule has 0 saturated carbocycles. The van der Waals surface area contributed by atoms with Gasteiger partial charge in [-0.05, 0) is 13.3 Å². The van der Waals surface area contributed by atoms with Crippen LogP contribution in [0.4, 0.5) is 0 Å². The first-order chi connectivity index (χ1) is 11.8. The summed E-state index contributed by atoms with van der Waals surface area (Å²) in [7, 11) is 0. The van der Waals surface area contributed by atoms with Crippen molar-refractivity contribution in [1.29, 1.82) is 0 Å². The zero-order chi connectivity index (χ0) is 17.3. The van der Waals surface area contributed by atoms with E-state index in [2.05, 4.69) is 19.2 Å². The van der Waals surface area contributed by atoms with E-state index in [1.165, 1.54) is 103 Å². The third kappa shape index (κ3) is 12.3. The summed E-state index contributed by atoms with van der Waals surface area (Å²) < 4.78 is 5.92. The van der Waals surface area contributed by atoms with E-state index in [0.717, 1.165) is 19.7 Å². The predicted molar refractivity (Wildman–Crippen MR) is 107 cm³/mol. The zero-order valence-electron chi connectivity index (χ0n) is 16.8. The molecule has 1 aliphatic heterocycles. The second kappa shape index (κ2) is 15.2. The number of nitrogens with one attached hydrogen (secondary N) is 1. The SMILES string of the molecule is CCCCCCCCCCCCCCCCCC1(C)CNCCO1. The summed E-state index contributed by atoms with van der Waals surface area (Å²) in [4.78, 5) is 0. The Morgan fingerprint density at radius 3 is 1.58 bits per heavy atom. The molecule has 0 bridgehead atoms. The minimum atomic E-state index is 0.106. The summed E-state index contributed by atoms with van der Waals surface area (Å²) in [6.07, 6.45) is 22.8. The predicted octanol–water partition coefficient (Wildman–Crippen LogP) is 6.63. The quantitative estimate of drug-likeness (QED) is 0.319. The highest BCUT2D eigenvalue weighted by Gasteiger charge is 2.26. The third-order valence-electron chi connectivity index (χ3n) is 5.54. The molecule has 2 nitrogen and oxygen atoms in total. The molecule has 1 heterocycles. The largest absolute Gasteiger partial charge is 0.373 e. The van der Waals surface area contributed by atoms with Crippen molar-refractivity contribution in [3.8, 4) is 0 Å². The molecule has 1 aliphatic rings. The molecule has 0 spiro atoms. The summed E-state index contributed by atoms with van der Waals surface area (Å²) in [5.41, 5.74) is 0.106. The molecule has 1 unspecified atom stereocenters. The van der Waals surface area contributed by atoms with Gasteiger partial charge in [-0.2, -0.15) is 0 Å². The first-order valence-corrected chi connectivity index (χ1v) is 11.1. The molecule has 0 radical (unpaired) electrons. The van der Waals surface area contributed by atoms with E-state index in [1.54, 1.807) is 0 Å². The van der Waals surface area contributed by atoms with Crippen LogP contribution in [-0.4, -0.2) is 25.3 Å². The van der Waals surface area contributed by atoms with Crippen LogP contribution < -0.4 is 5.32 Å². The van der Waals surface area contributed by atoms with Crippen molar-refractivity contribution in [2.75, 3.05) is 19.7 Å². The fraction of sp³-hybridized carbons (Fsp3) is 1.00. The Morgan fingerprint density at radius 2 is 1.17 bits per heavy atom. The molecule has 1 rings (SSSR count). The van der Waals surface area contributed by atoms with E-state index in [1.807, 2.05) is 0 Å². The maximum atomic E-state index is 5.92. The van der Waals surface area contributed by atoms with Gasteiger partial charge in [0.2, 0.25) is 0 Å². The van der Waals surface area contributed by atoms with Crippen LogP contribution in [-0.2, 0) is 4.74 Å². The highest BCUT2D eigenvalue weighted by Crippen LogP contribution is 2.21. The van der Waals surface area contributed by atoms with Gasteiger partial charge in [-0.1, -0.05) is 103 Å². The van der Waals surface area contributed by atoms with Crippen LogP contribution >= 0.6 is 0 Å². The number of hydrogen-bond acceptors (Lipinski definition) is 2. The second-order valence-electron chi connectivity index (χ2n) is 8.17. The van der Waals surface area contributed by atoms with Crippen LogP contribution in [0.1, 0.15) is 117 Å². The van der Waals surface area contributed by atoms with Crippen molar-refractivity contribution in [1.82, 2.24) is 5.32 Å². The molecule has 0 aliphatic carbocycles. The van der Waals surface area contributed by atoms with Gasteiger partial charge in [0.15, 0.2) is 0 Å². The summed E-state index contributed by atoms with van der Waals surface area (Å²) >= 11 is 0. The van der Waals surface area contributed by atoms with E-state index in [4.69, 9.17) is 4.74 Å². The van der Waals surface area contributed by atoms with Gasteiger partial charge in [-0.25, -0.2) is 0 Å². The third-order valence-corrected chi connectivity index (χ3v) is 5.54. The summed E-state index contributed by atoms with van der Waals surface area (Å²) in [5.74, 6) is 0. The molecule has 0 amide bonds. The fourth-order valence-electron chi connectivity index (χ4n) is 3.80. The average Bonchev–Trinajstić information content (AvgIpc) is 2.59. The number of hydrogen-bond donors (Lipinski definition) is 1. The lowest BCUT2D eigenvalue weighted by molar-refractivity contribution is -0.0589. The summed E-state index contributed by atoms with van der Waals surface area (Å²) in [6, 6.07) is 0. The molecule has 1 N–H and O–H groups in total. The van der Waals surface area contributed by atoms with Crippen molar-refractivity contribution < 1.29 is 4.74 Å². The highest BCUT2D eigenvalue weighted by molar-refractivity contribution is 4.81. The molecule has 2 heteroatoms. The smallest absolute Gasteiger partial charge is 0.0778 e. The Morgan fingerprint density at radius 1 is 0.708 bits per heavy atom. The van der Waals surface area contributed by atoms with E-state index in [-0.39, 0.29) is 5.60 Å². The fourth-order valence-corrected chi connectivity index (χ4v) is 3.80. The number of ether oxygens (including phenoxy) is 1. The molecule has 144 valence electrons. The summed E-state index contributed by atoms with van der Waals surface area (Å²) in [5, 5.41) is 3.45. The van der Waals surface area contributed by atoms with Gasteiger partial charge < -0.3 is 10.1 Å². The van der Waals surface area contributed by atoms with Crippen LogP contribution in [0.3, 0.4) is 0 Å². The number of unbranched alkanes of at least 4 members (excludes halogenated alkanes) is 14. The van der Waals surface area contributed by atoms with Crippen molar-refractivity contribution >= 4 is 0 Å². The molecule has 0 aromatic heterocycles. The maximum absolute atomic E-state index is 5.92. The lowest BCUT2D eigenvalue weighted by Crippen LogP contribution is -2.47. The van der Waals surface area contributed by atoms with Gasteiger partial charge in [0.1, 0.15) is 0 Å². The van der Waals surface area contributed by atoms with Gasteiger partial charge in [0, 0.05) is 13.1 Å². The van der Waals surface area contributed by atoms with Crippen molar-refractivity contribution in [3.63, 3.8) is 0 Å². The van der Waals surface area contributed by atoms with E-state index < -0.39 is 0 Å². The van der Waals surface area contributed by atoms with Gasteiger partial charge in [-0.3, -0.25) is 0 Å². The van der Waals surface area contributed by atoms with Crippen LogP contribution in [0.25, 0.3) is 0 Å². The molecular weight excluding hydrogens is 294 g/mol. The molecular formula is C22H45NO. The Kier molecular flexibility index (Phi) is 13.9. The second-order valence-corrected chi connectivity index (χ2v) is 8.17. The first kappa shape index (κ1) is 22.0. The number of morpholine rings is 1. The highest BCUT2D eigenvalue weighted by atomic mass is 16.5. The Labute approximate surface area is 152 Å². The molecule has 24 heavy (non-hydrogen) atoms. The topological polar surface area (TPSA) is 21.3 Å². The van der Waals surface area contributed by atoms with Crippen molar-refractivity contribution in [2.24, 2.45) is 0 Å². The van der Waals surface area contributed by atoms with E-state index in [9.17, 15) is 0 Å². The van der Waals surface area contributed by atoms with Crippen molar-refractivity contribution in [3.05, 3.63) is 0 Å². The van der Waals surface area contributed by atoms with Crippen LogP contribution in [0.15, 0.2) is 0 Å². The van der Waals surface area contributed by atoms with E-state index >= 15 is 0 Å². The molecule has 1 atom stereocenters. The monoisotopic (exact) mass is 339 g/mol. The van der Waals surface area contributed by atoms with Crippen LogP contribution in [0.5, 0.6) is 0 Å². The normalized spacial score (nSPS) is 21.2. The molecule has 1 saturated heterocycles. The standard InChI is InChI=1S/C22H45NO/c1-3-4-5-6-7-8-9-10-11-12-13-14-15-16-17-18-22(2)21-23-19-20-24-22/h23H,3-21H2,1-2H3. The van der Waals surface area contributed by atoms with Crippen molar-refractivity contribution in [2.45, 2.75) is 122 Å². The minimum absolute atomic E-state index is 0.106. The lowest BCUT2D eigenvalue weighted by Gasteiger charge is -2.34.